The molecule has 0 saturated carbocycles. The summed E-state index contributed by atoms with van der Waals surface area (Å²) >= 11 is 6.01. The molecule has 0 spiro atoms. The Kier molecular flexibility index (Phi) is 3.69. The van der Waals surface area contributed by atoms with Crippen molar-refractivity contribution in [1.29, 1.82) is 0 Å². The van der Waals surface area contributed by atoms with E-state index >= 15 is 0 Å². The van der Waals surface area contributed by atoms with Gasteiger partial charge in [-0.3, -0.25) is 4.79 Å². The first-order valence-electron chi connectivity index (χ1n) is 5.81. The van der Waals surface area contributed by atoms with E-state index in [1.807, 2.05) is 6.07 Å². The number of rotatable bonds is 2. The highest BCUT2D eigenvalue weighted by Crippen LogP contribution is 2.25. The Bertz CT molecular complexity index is 422. The molecule has 1 aliphatic rings. The highest BCUT2D eigenvalue weighted by Gasteiger charge is 2.22. The number of hydrogen-bond donors (Lipinski definition) is 0. The van der Waals surface area contributed by atoms with Gasteiger partial charge >= 0.3 is 0 Å². The standard InChI is InChI=1S/C13H17ClN2O/c1-10-8-16(6-5-15(10)2)13-7-12(14)4-3-11(13)9-17/h3-4,7,9-10H,5-6,8H2,1-2H3. The van der Waals surface area contributed by atoms with Gasteiger partial charge < -0.3 is 9.80 Å². The van der Waals surface area contributed by atoms with Crippen LogP contribution in [0.1, 0.15) is 17.3 Å². The fourth-order valence-corrected chi connectivity index (χ4v) is 2.32. The maximum absolute atomic E-state index is 11.0. The van der Waals surface area contributed by atoms with Gasteiger partial charge in [-0.25, -0.2) is 0 Å². The van der Waals surface area contributed by atoms with Gasteiger partial charge in [-0.05, 0) is 32.2 Å². The predicted molar refractivity (Wildman–Crippen MR) is 71.1 cm³/mol. The second kappa shape index (κ2) is 5.07. The SMILES string of the molecule is CC1CN(c2cc(Cl)ccc2C=O)CCN1C. The number of nitrogens with zero attached hydrogens (tertiary/aromatic N) is 2. The number of piperazine rings is 1. The number of hydrogen-bond acceptors (Lipinski definition) is 3. The number of likely N-dealkylation sites (N-methyl/N-ethyl adjacent to an activating group) is 1. The van der Waals surface area contributed by atoms with E-state index in [1.165, 1.54) is 0 Å². The number of anilines is 1. The van der Waals surface area contributed by atoms with Crippen molar-refractivity contribution in [3.8, 4) is 0 Å². The molecular formula is C13H17ClN2O. The number of carbonyl (C=O) groups is 1. The summed E-state index contributed by atoms with van der Waals surface area (Å²) in [6, 6.07) is 5.91. The van der Waals surface area contributed by atoms with Crippen LogP contribution in [0.15, 0.2) is 18.2 Å². The Labute approximate surface area is 107 Å². The first-order valence-corrected chi connectivity index (χ1v) is 6.19. The smallest absolute Gasteiger partial charge is 0.152 e. The molecule has 92 valence electrons. The largest absolute Gasteiger partial charge is 0.368 e. The average molecular weight is 253 g/mol. The highest BCUT2D eigenvalue weighted by molar-refractivity contribution is 6.31. The predicted octanol–water partition coefficient (Wildman–Crippen LogP) is 2.29. The van der Waals surface area contributed by atoms with Crippen LogP contribution in [-0.4, -0.2) is 43.9 Å². The van der Waals surface area contributed by atoms with Crippen LogP contribution in [0.4, 0.5) is 5.69 Å². The number of benzene rings is 1. The van der Waals surface area contributed by atoms with E-state index in [0.29, 0.717) is 16.6 Å². The lowest BCUT2D eigenvalue weighted by Crippen LogP contribution is -2.50. The summed E-state index contributed by atoms with van der Waals surface area (Å²) in [6.07, 6.45) is 0.897. The zero-order valence-corrected chi connectivity index (χ0v) is 10.9. The molecule has 0 radical (unpaired) electrons. The van der Waals surface area contributed by atoms with Crippen molar-refractivity contribution in [3.05, 3.63) is 28.8 Å². The molecule has 1 aromatic rings. The summed E-state index contributed by atoms with van der Waals surface area (Å²) in [5.41, 5.74) is 1.67. The van der Waals surface area contributed by atoms with Gasteiger partial charge in [0.1, 0.15) is 0 Å². The summed E-state index contributed by atoms with van der Waals surface area (Å²) in [5.74, 6) is 0. The molecule has 0 amide bonds. The lowest BCUT2D eigenvalue weighted by molar-refractivity contribution is 0.112. The summed E-state index contributed by atoms with van der Waals surface area (Å²) in [4.78, 5) is 15.6. The van der Waals surface area contributed by atoms with Gasteiger partial charge in [-0.1, -0.05) is 11.6 Å². The topological polar surface area (TPSA) is 23.6 Å². The molecule has 1 heterocycles. The van der Waals surface area contributed by atoms with Crippen LogP contribution in [0.5, 0.6) is 0 Å². The molecule has 0 aliphatic carbocycles. The first-order chi connectivity index (χ1) is 8.11. The van der Waals surface area contributed by atoms with Crippen LogP contribution >= 0.6 is 11.6 Å². The van der Waals surface area contributed by atoms with E-state index < -0.39 is 0 Å². The van der Waals surface area contributed by atoms with Crippen LogP contribution in [0.2, 0.25) is 5.02 Å². The van der Waals surface area contributed by atoms with Crippen molar-refractivity contribution in [2.75, 3.05) is 31.6 Å². The molecule has 1 aliphatic heterocycles. The molecule has 0 aromatic heterocycles. The van der Waals surface area contributed by atoms with Gasteiger partial charge in [-0.15, -0.1) is 0 Å². The number of aldehydes is 1. The maximum atomic E-state index is 11.0. The minimum atomic E-state index is 0.488. The minimum absolute atomic E-state index is 0.488. The first kappa shape index (κ1) is 12.4. The fraction of sp³-hybridized carbons (Fsp3) is 0.462. The second-order valence-corrected chi connectivity index (χ2v) is 5.03. The molecule has 4 heteroatoms. The van der Waals surface area contributed by atoms with E-state index in [2.05, 4.69) is 23.8 Å². The Hall–Kier alpha value is -1.06. The quantitative estimate of drug-likeness (QED) is 0.755. The summed E-state index contributed by atoms with van der Waals surface area (Å²) in [5, 5.41) is 0.678. The number of halogens is 1. The van der Waals surface area contributed by atoms with Crippen LogP contribution in [0.25, 0.3) is 0 Å². The fourth-order valence-electron chi connectivity index (χ4n) is 2.16. The maximum Gasteiger partial charge on any atom is 0.152 e. The molecule has 1 atom stereocenters. The molecule has 1 fully saturated rings. The van der Waals surface area contributed by atoms with Gasteiger partial charge in [0, 0.05) is 41.9 Å². The summed E-state index contributed by atoms with van der Waals surface area (Å²) < 4.78 is 0. The van der Waals surface area contributed by atoms with Crippen LogP contribution in [0, 0.1) is 0 Å². The van der Waals surface area contributed by atoms with Crippen LogP contribution < -0.4 is 4.90 Å². The lowest BCUT2D eigenvalue weighted by atomic mass is 10.1. The molecule has 0 N–H and O–H groups in total. The average Bonchev–Trinajstić information content (AvgIpc) is 2.32. The Morgan fingerprint density at radius 1 is 1.41 bits per heavy atom. The second-order valence-electron chi connectivity index (χ2n) is 4.60. The van der Waals surface area contributed by atoms with Crippen molar-refractivity contribution >= 4 is 23.6 Å². The van der Waals surface area contributed by atoms with Gasteiger partial charge in [0.05, 0.1) is 0 Å². The van der Waals surface area contributed by atoms with Gasteiger partial charge in [0.15, 0.2) is 6.29 Å². The Morgan fingerprint density at radius 2 is 2.18 bits per heavy atom. The molecule has 3 nitrogen and oxygen atoms in total. The highest BCUT2D eigenvalue weighted by atomic mass is 35.5. The zero-order valence-electron chi connectivity index (χ0n) is 10.2. The Balaban J connectivity index is 2.27. The molecular weight excluding hydrogens is 236 g/mol. The minimum Gasteiger partial charge on any atom is -0.368 e. The summed E-state index contributed by atoms with van der Waals surface area (Å²) in [7, 11) is 2.13. The van der Waals surface area contributed by atoms with Crippen molar-refractivity contribution in [2.24, 2.45) is 0 Å². The third kappa shape index (κ3) is 2.61. The van der Waals surface area contributed by atoms with Crippen LogP contribution in [-0.2, 0) is 0 Å². The third-order valence-corrected chi connectivity index (χ3v) is 3.65. The van der Waals surface area contributed by atoms with E-state index in [0.717, 1.165) is 31.6 Å². The normalized spacial score (nSPS) is 21.6. The molecule has 2 rings (SSSR count). The monoisotopic (exact) mass is 252 g/mol. The zero-order chi connectivity index (χ0) is 12.4. The lowest BCUT2D eigenvalue weighted by Gasteiger charge is -2.39. The summed E-state index contributed by atoms with van der Waals surface area (Å²) in [6.45, 7) is 5.06. The third-order valence-electron chi connectivity index (χ3n) is 3.42. The van der Waals surface area contributed by atoms with Crippen molar-refractivity contribution < 1.29 is 4.79 Å². The van der Waals surface area contributed by atoms with E-state index in [4.69, 9.17) is 11.6 Å². The van der Waals surface area contributed by atoms with Crippen LogP contribution in [0.3, 0.4) is 0 Å². The van der Waals surface area contributed by atoms with Gasteiger partial charge in [-0.2, -0.15) is 0 Å². The van der Waals surface area contributed by atoms with E-state index in [1.54, 1.807) is 12.1 Å². The van der Waals surface area contributed by atoms with E-state index in [-0.39, 0.29) is 0 Å². The van der Waals surface area contributed by atoms with E-state index in [9.17, 15) is 4.79 Å². The molecule has 1 aromatic carbocycles. The number of carbonyl (C=O) groups excluding carboxylic acids is 1. The Morgan fingerprint density at radius 3 is 2.82 bits per heavy atom. The molecule has 1 saturated heterocycles. The van der Waals surface area contributed by atoms with Crippen molar-refractivity contribution in [2.45, 2.75) is 13.0 Å². The van der Waals surface area contributed by atoms with Gasteiger partial charge in [0.25, 0.3) is 0 Å². The molecule has 1 unspecified atom stereocenters. The van der Waals surface area contributed by atoms with Crippen molar-refractivity contribution in [1.82, 2.24) is 4.90 Å². The molecule has 17 heavy (non-hydrogen) atoms. The van der Waals surface area contributed by atoms with Crippen molar-refractivity contribution in [3.63, 3.8) is 0 Å². The van der Waals surface area contributed by atoms with Gasteiger partial charge in [0.2, 0.25) is 0 Å². The molecule has 0 bridgehead atoms.